The average Bonchev–Trinajstić information content (AvgIpc) is 3.09. The molecule has 0 bridgehead atoms. The van der Waals surface area contributed by atoms with Crippen LogP contribution in [0.1, 0.15) is 41.1 Å². The molecule has 3 N–H and O–H groups in total. The van der Waals surface area contributed by atoms with Gasteiger partial charge in [0.15, 0.2) is 11.6 Å². The summed E-state index contributed by atoms with van der Waals surface area (Å²) in [4.78, 5) is 29.2. The molecule has 2 rings (SSSR count). The SMILES string of the molecule is CCC(=O)c1ccc(NC(=O)O/N=C(/N)c2csc(CC)c2)cc1. The molecule has 0 spiro atoms. The minimum Gasteiger partial charge on any atom is -0.380 e. The molecule has 0 aliphatic rings. The number of benzene rings is 1. The van der Waals surface area contributed by atoms with Gasteiger partial charge in [-0.05, 0) is 36.8 Å². The van der Waals surface area contributed by atoms with Crippen LogP contribution >= 0.6 is 11.3 Å². The lowest BCUT2D eigenvalue weighted by molar-refractivity contribution is 0.0988. The van der Waals surface area contributed by atoms with Crippen molar-refractivity contribution in [2.75, 3.05) is 5.32 Å². The number of nitrogens with one attached hydrogen (secondary N) is 1. The minimum atomic E-state index is -0.751. The van der Waals surface area contributed by atoms with Crippen LogP contribution in [-0.4, -0.2) is 17.7 Å². The number of aryl methyl sites for hydroxylation is 1. The molecule has 0 radical (unpaired) electrons. The predicted octanol–water partition coefficient (Wildman–Crippen LogP) is 3.77. The van der Waals surface area contributed by atoms with Crippen molar-refractivity contribution < 1.29 is 14.4 Å². The Kier molecular flexibility index (Phi) is 6.08. The summed E-state index contributed by atoms with van der Waals surface area (Å²) in [6.07, 6.45) is 0.597. The number of carbonyl (C=O) groups is 2. The number of thiophene rings is 1. The van der Waals surface area contributed by atoms with Gasteiger partial charge in [0.1, 0.15) is 0 Å². The Hall–Kier alpha value is -2.67. The summed E-state index contributed by atoms with van der Waals surface area (Å²) in [6, 6.07) is 8.47. The molecule has 1 heterocycles. The highest BCUT2D eigenvalue weighted by Gasteiger charge is 2.08. The number of Topliss-reactive ketones (excluding diaryl/α,β-unsaturated/α-hetero) is 1. The van der Waals surface area contributed by atoms with Crippen molar-refractivity contribution in [3.05, 3.63) is 51.7 Å². The van der Waals surface area contributed by atoms with Gasteiger partial charge >= 0.3 is 6.09 Å². The van der Waals surface area contributed by atoms with Crippen molar-refractivity contribution in [1.29, 1.82) is 0 Å². The molecule has 1 aromatic carbocycles. The molecule has 0 saturated heterocycles. The second kappa shape index (κ2) is 8.26. The normalized spacial score (nSPS) is 11.2. The number of oxime groups is 1. The highest BCUT2D eigenvalue weighted by Crippen LogP contribution is 2.15. The van der Waals surface area contributed by atoms with Crippen LogP contribution in [0.2, 0.25) is 0 Å². The van der Waals surface area contributed by atoms with Crippen molar-refractivity contribution in [3.8, 4) is 0 Å². The van der Waals surface area contributed by atoms with Gasteiger partial charge in [0.05, 0.1) is 0 Å². The number of anilines is 1. The number of nitrogens with two attached hydrogens (primary N) is 1. The van der Waals surface area contributed by atoms with E-state index in [2.05, 4.69) is 10.5 Å². The number of amides is 1. The lowest BCUT2D eigenvalue weighted by Gasteiger charge is -2.04. The van der Waals surface area contributed by atoms with Crippen molar-refractivity contribution in [1.82, 2.24) is 0 Å². The van der Waals surface area contributed by atoms with E-state index in [1.54, 1.807) is 42.5 Å². The summed E-state index contributed by atoms with van der Waals surface area (Å²) >= 11 is 1.58. The van der Waals surface area contributed by atoms with Gasteiger partial charge < -0.3 is 5.73 Å². The molecule has 0 unspecified atom stereocenters. The number of nitrogens with zero attached hydrogens (tertiary/aromatic N) is 1. The zero-order chi connectivity index (χ0) is 17.5. The van der Waals surface area contributed by atoms with E-state index < -0.39 is 6.09 Å². The fourth-order valence-corrected chi connectivity index (χ4v) is 2.76. The maximum absolute atomic E-state index is 11.7. The van der Waals surface area contributed by atoms with Crippen molar-refractivity contribution >= 4 is 34.7 Å². The van der Waals surface area contributed by atoms with Gasteiger partial charge in [0, 0.05) is 33.5 Å². The fourth-order valence-electron chi connectivity index (χ4n) is 1.93. The van der Waals surface area contributed by atoms with Gasteiger partial charge in [-0.3, -0.25) is 14.9 Å². The van der Waals surface area contributed by atoms with Gasteiger partial charge in [-0.1, -0.05) is 19.0 Å². The van der Waals surface area contributed by atoms with Crippen LogP contribution in [0.4, 0.5) is 10.5 Å². The predicted molar refractivity (Wildman–Crippen MR) is 95.6 cm³/mol. The molecule has 0 saturated carbocycles. The van der Waals surface area contributed by atoms with Crippen LogP contribution in [0.15, 0.2) is 40.9 Å². The van der Waals surface area contributed by atoms with Gasteiger partial charge in [0.2, 0.25) is 0 Å². The van der Waals surface area contributed by atoms with E-state index in [1.165, 1.54) is 4.88 Å². The minimum absolute atomic E-state index is 0.0451. The second-order valence-corrected chi connectivity index (χ2v) is 5.99. The Balaban J connectivity index is 1.92. The molecule has 1 amide bonds. The van der Waals surface area contributed by atoms with Gasteiger partial charge in [-0.15, -0.1) is 11.3 Å². The number of amidine groups is 1. The van der Waals surface area contributed by atoms with Crippen molar-refractivity contribution in [2.45, 2.75) is 26.7 Å². The first-order valence-corrected chi connectivity index (χ1v) is 8.44. The van der Waals surface area contributed by atoms with Crippen LogP contribution in [0, 0.1) is 0 Å². The summed E-state index contributed by atoms with van der Waals surface area (Å²) < 4.78 is 0. The highest BCUT2D eigenvalue weighted by molar-refractivity contribution is 7.10. The highest BCUT2D eigenvalue weighted by atomic mass is 32.1. The average molecular weight is 345 g/mol. The summed E-state index contributed by atoms with van der Waals surface area (Å²) in [5.74, 6) is 0.189. The van der Waals surface area contributed by atoms with E-state index in [4.69, 9.17) is 10.6 Å². The number of ketones is 1. The van der Waals surface area contributed by atoms with Gasteiger partial charge in [-0.2, -0.15) is 0 Å². The molecular formula is C17H19N3O3S. The monoisotopic (exact) mass is 345 g/mol. The fraction of sp³-hybridized carbons (Fsp3) is 0.235. The molecular weight excluding hydrogens is 326 g/mol. The lowest BCUT2D eigenvalue weighted by Crippen LogP contribution is -2.17. The molecule has 7 heteroatoms. The van der Waals surface area contributed by atoms with Crippen LogP contribution in [-0.2, 0) is 11.3 Å². The van der Waals surface area contributed by atoms with E-state index in [0.29, 0.717) is 17.7 Å². The zero-order valence-corrected chi connectivity index (χ0v) is 14.4. The summed E-state index contributed by atoms with van der Waals surface area (Å²) in [5.41, 5.74) is 7.62. The number of hydrogen-bond acceptors (Lipinski definition) is 5. The van der Waals surface area contributed by atoms with Crippen molar-refractivity contribution in [2.24, 2.45) is 10.9 Å². The van der Waals surface area contributed by atoms with Crippen LogP contribution in [0.25, 0.3) is 0 Å². The quantitative estimate of drug-likeness (QED) is 0.274. The third kappa shape index (κ3) is 4.66. The molecule has 1 aromatic heterocycles. The Morgan fingerprint density at radius 1 is 1.21 bits per heavy atom. The molecule has 6 nitrogen and oxygen atoms in total. The molecule has 0 aliphatic heterocycles. The molecule has 24 heavy (non-hydrogen) atoms. The first-order chi connectivity index (χ1) is 11.5. The number of rotatable bonds is 6. The number of carbonyl (C=O) groups excluding carboxylic acids is 2. The van der Waals surface area contributed by atoms with Crippen LogP contribution in [0.3, 0.4) is 0 Å². The summed E-state index contributed by atoms with van der Waals surface area (Å²) in [6.45, 7) is 3.84. The summed E-state index contributed by atoms with van der Waals surface area (Å²) in [7, 11) is 0. The molecule has 0 atom stereocenters. The molecule has 0 aliphatic carbocycles. The zero-order valence-electron chi connectivity index (χ0n) is 13.5. The molecule has 126 valence electrons. The maximum Gasteiger partial charge on any atom is 0.437 e. The molecule has 2 aromatic rings. The Morgan fingerprint density at radius 2 is 1.92 bits per heavy atom. The van der Waals surface area contributed by atoms with E-state index in [9.17, 15) is 9.59 Å². The first kappa shape index (κ1) is 17.7. The number of hydrogen-bond donors (Lipinski definition) is 2. The van der Waals surface area contributed by atoms with Gasteiger partial charge in [0.25, 0.3) is 0 Å². The second-order valence-electron chi connectivity index (χ2n) is 4.99. The van der Waals surface area contributed by atoms with E-state index in [-0.39, 0.29) is 11.6 Å². The lowest BCUT2D eigenvalue weighted by atomic mass is 10.1. The smallest absolute Gasteiger partial charge is 0.380 e. The Bertz CT molecular complexity index is 751. The summed E-state index contributed by atoms with van der Waals surface area (Å²) in [5, 5.41) is 8.01. The van der Waals surface area contributed by atoms with E-state index in [1.807, 2.05) is 18.4 Å². The standard InChI is InChI=1S/C17H19N3O3S/c1-3-14-9-12(10-24-14)16(18)20-23-17(22)19-13-7-5-11(6-8-13)15(21)4-2/h5-10H,3-4H2,1-2H3,(H2,18,20)(H,19,22). The van der Waals surface area contributed by atoms with E-state index >= 15 is 0 Å². The Morgan fingerprint density at radius 3 is 2.50 bits per heavy atom. The maximum atomic E-state index is 11.7. The Labute approximate surface area is 144 Å². The van der Waals surface area contributed by atoms with Crippen molar-refractivity contribution in [3.63, 3.8) is 0 Å². The van der Waals surface area contributed by atoms with Gasteiger partial charge in [-0.25, -0.2) is 4.79 Å². The van der Waals surface area contributed by atoms with Crippen LogP contribution in [0.5, 0.6) is 0 Å². The first-order valence-electron chi connectivity index (χ1n) is 7.56. The largest absolute Gasteiger partial charge is 0.437 e. The topological polar surface area (TPSA) is 93.8 Å². The third-order valence-corrected chi connectivity index (χ3v) is 4.38. The third-order valence-electron chi connectivity index (χ3n) is 3.30. The van der Waals surface area contributed by atoms with Crippen LogP contribution < -0.4 is 11.1 Å². The van der Waals surface area contributed by atoms with E-state index in [0.717, 1.165) is 12.0 Å². The molecule has 0 fully saturated rings.